The van der Waals surface area contributed by atoms with Crippen LogP contribution < -0.4 is 44.6 Å². The lowest BCUT2D eigenvalue weighted by molar-refractivity contribution is -0.142. The lowest BCUT2D eigenvalue weighted by atomic mass is 10.1. The van der Waals surface area contributed by atoms with Gasteiger partial charge in [-0.1, -0.05) is 0 Å². The zero-order chi connectivity index (χ0) is 29.3. The Morgan fingerprint density at radius 1 is 0.763 bits per heavy atom. The summed E-state index contributed by atoms with van der Waals surface area (Å²) < 4.78 is 0. The van der Waals surface area contributed by atoms with Gasteiger partial charge in [-0.15, -0.1) is 0 Å². The molecule has 38 heavy (non-hydrogen) atoms. The van der Waals surface area contributed by atoms with Gasteiger partial charge in [0.1, 0.15) is 18.1 Å². The van der Waals surface area contributed by atoms with Crippen LogP contribution in [0, 0.1) is 0 Å². The molecule has 0 aliphatic rings. The summed E-state index contributed by atoms with van der Waals surface area (Å²) in [6.07, 6.45) is 1.37. The second kappa shape index (κ2) is 18.6. The minimum Gasteiger partial charge on any atom is -0.480 e. The van der Waals surface area contributed by atoms with E-state index >= 15 is 0 Å². The van der Waals surface area contributed by atoms with E-state index in [9.17, 15) is 33.9 Å². The summed E-state index contributed by atoms with van der Waals surface area (Å²) in [6.45, 7) is 0.129. The molecule has 4 atom stereocenters. The Hall–Kier alpha value is -3.60. The van der Waals surface area contributed by atoms with Crippen molar-refractivity contribution in [2.75, 3.05) is 18.6 Å². The molecule has 0 aromatic carbocycles. The zero-order valence-electron chi connectivity index (χ0n) is 21.3. The lowest BCUT2D eigenvalue weighted by Gasteiger charge is -2.25. The fourth-order valence-electron chi connectivity index (χ4n) is 3.07. The van der Waals surface area contributed by atoms with E-state index in [0.717, 1.165) is 0 Å². The van der Waals surface area contributed by atoms with Crippen LogP contribution in [0.1, 0.15) is 44.9 Å². The second-order valence-corrected chi connectivity index (χ2v) is 9.35. The predicted octanol–water partition coefficient (Wildman–Crippen LogP) is -3.81. The van der Waals surface area contributed by atoms with Crippen LogP contribution in [0.2, 0.25) is 0 Å². The Morgan fingerprint density at radius 3 is 1.66 bits per heavy atom. The van der Waals surface area contributed by atoms with Crippen LogP contribution in [-0.2, 0) is 28.8 Å². The molecule has 0 saturated heterocycles. The van der Waals surface area contributed by atoms with Crippen LogP contribution in [0.15, 0.2) is 4.99 Å². The summed E-state index contributed by atoms with van der Waals surface area (Å²) in [5.74, 6) is -4.80. The summed E-state index contributed by atoms with van der Waals surface area (Å²) >= 11 is 1.48. The number of aliphatic carboxylic acids is 1. The zero-order valence-corrected chi connectivity index (χ0v) is 22.1. The number of hydrogen-bond acceptors (Lipinski definition) is 9. The molecule has 0 aromatic heterocycles. The largest absolute Gasteiger partial charge is 0.480 e. The molecule has 0 heterocycles. The van der Waals surface area contributed by atoms with E-state index in [1.165, 1.54) is 11.8 Å². The number of carbonyl (C=O) groups is 6. The standard InChI is InChI=1S/C21H39N9O7S/c1-38-10-8-11(22)17(33)28-12(4-6-15(23)31)18(34)29-13(5-7-16(24)32)19(35)30-14(20(36)37)3-2-9-27-21(25)26/h11-14H,2-10,22H2,1H3,(H2,23,31)(H2,24,32)(H,28,33)(H,29,34)(H,30,35)(H,36,37)(H4,25,26,27). The van der Waals surface area contributed by atoms with Crippen LogP contribution >= 0.6 is 11.8 Å². The third kappa shape index (κ3) is 15.5. The van der Waals surface area contributed by atoms with E-state index in [2.05, 4.69) is 20.9 Å². The van der Waals surface area contributed by atoms with E-state index in [0.29, 0.717) is 12.2 Å². The van der Waals surface area contributed by atoms with Crippen LogP contribution in [0.4, 0.5) is 0 Å². The van der Waals surface area contributed by atoms with Crippen molar-refractivity contribution in [2.45, 2.75) is 69.1 Å². The van der Waals surface area contributed by atoms with Crippen molar-refractivity contribution in [3.8, 4) is 0 Å². The predicted molar refractivity (Wildman–Crippen MR) is 141 cm³/mol. The number of rotatable bonds is 20. The smallest absolute Gasteiger partial charge is 0.326 e. The molecule has 0 aliphatic heterocycles. The van der Waals surface area contributed by atoms with E-state index in [4.69, 9.17) is 28.7 Å². The number of aliphatic imine (C=N–C) groups is 1. The van der Waals surface area contributed by atoms with Crippen LogP contribution in [0.3, 0.4) is 0 Å². The quantitative estimate of drug-likeness (QED) is 0.0394. The van der Waals surface area contributed by atoms with Crippen molar-refractivity contribution in [2.24, 2.45) is 33.7 Å². The van der Waals surface area contributed by atoms with Gasteiger partial charge < -0.3 is 49.7 Å². The van der Waals surface area contributed by atoms with Crippen molar-refractivity contribution in [3.63, 3.8) is 0 Å². The molecule has 0 rings (SSSR count). The average molecular weight is 562 g/mol. The minimum absolute atomic E-state index is 0.0282. The van der Waals surface area contributed by atoms with Crippen LogP contribution in [0.5, 0.6) is 0 Å². The highest BCUT2D eigenvalue weighted by Crippen LogP contribution is 2.06. The first kappa shape index (κ1) is 34.4. The van der Waals surface area contributed by atoms with Crippen molar-refractivity contribution in [3.05, 3.63) is 0 Å². The van der Waals surface area contributed by atoms with Gasteiger partial charge in [0.25, 0.3) is 0 Å². The fourth-order valence-corrected chi connectivity index (χ4v) is 3.56. The lowest BCUT2D eigenvalue weighted by Crippen LogP contribution is -2.57. The van der Waals surface area contributed by atoms with E-state index in [1.54, 1.807) is 0 Å². The number of primary amides is 2. The summed E-state index contributed by atoms with van der Waals surface area (Å²) in [6, 6.07) is -4.93. The molecule has 0 aliphatic carbocycles. The molecule has 5 amide bonds. The number of carboxylic acids is 1. The van der Waals surface area contributed by atoms with Crippen LogP contribution in [-0.4, -0.2) is 89.3 Å². The number of nitrogens with two attached hydrogens (primary N) is 5. The molecule has 216 valence electrons. The van der Waals surface area contributed by atoms with Gasteiger partial charge in [0.15, 0.2) is 5.96 Å². The molecule has 0 radical (unpaired) electrons. The molecular weight excluding hydrogens is 522 g/mol. The molecular formula is C21H39N9O7S. The molecule has 0 fully saturated rings. The number of nitrogens with zero attached hydrogens (tertiary/aromatic N) is 1. The Labute approximate surface area is 224 Å². The molecule has 14 N–H and O–H groups in total. The fraction of sp³-hybridized carbons (Fsp3) is 0.667. The Morgan fingerprint density at radius 2 is 1.24 bits per heavy atom. The minimum atomic E-state index is -1.38. The van der Waals surface area contributed by atoms with Gasteiger partial charge in [-0.25, -0.2) is 4.79 Å². The number of guanidine groups is 1. The molecule has 16 nitrogen and oxygen atoms in total. The van der Waals surface area contributed by atoms with E-state index in [1.807, 2.05) is 6.26 Å². The van der Waals surface area contributed by atoms with Gasteiger partial charge in [0.2, 0.25) is 29.5 Å². The summed E-state index contributed by atoms with van der Waals surface area (Å²) in [5.41, 5.74) is 26.6. The SMILES string of the molecule is CSCCC(N)C(=O)NC(CCC(N)=O)C(=O)NC(CCC(N)=O)C(=O)NC(CCCN=C(N)N)C(=O)O. The number of carbonyl (C=O) groups excluding carboxylic acids is 5. The topological polar surface area (TPSA) is 301 Å². The third-order valence-corrected chi connectivity index (χ3v) is 5.80. The monoisotopic (exact) mass is 561 g/mol. The first-order valence-electron chi connectivity index (χ1n) is 11.8. The van der Waals surface area contributed by atoms with Crippen molar-refractivity contribution in [1.82, 2.24) is 16.0 Å². The molecule has 0 bridgehead atoms. The number of hydrogen-bond donors (Lipinski definition) is 9. The van der Waals surface area contributed by atoms with Crippen molar-refractivity contribution in [1.29, 1.82) is 0 Å². The maximum atomic E-state index is 13.0. The van der Waals surface area contributed by atoms with Crippen LogP contribution in [0.25, 0.3) is 0 Å². The summed E-state index contributed by atoms with van der Waals surface area (Å²) in [7, 11) is 0. The number of nitrogens with one attached hydrogen (secondary N) is 3. The van der Waals surface area contributed by atoms with Gasteiger partial charge in [-0.05, 0) is 44.1 Å². The molecule has 0 aromatic rings. The first-order chi connectivity index (χ1) is 17.8. The van der Waals surface area contributed by atoms with Crippen molar-refractivity contribution >= 4 is 53.2 Å². The molecule has 17 heteroatoms. The highest BCUT2D eigenvalue weighted by Gasteiger charge is 2.30. The highest BCUT2D eigenvalue weighted by molar-refractivity contribution is 7.98. The number of carboxylic acid groups (broad SMARTS) is 1. The molecule has 0 saturated carbocycles. The normalized spacial score (nSPS) is 13.7. The first-order valence-corrected chi connectivity index (χ1v) is 13.2. The Kier molecular flexibility index (Phi) is 16.9. The number of amides is 5. The Bertz CT molecular complexity index is 868. The summed E-state index contributed by atoms with van der Waals surface area (Å²) in [5, 5.41) is 16.6. The third-order valence-electron chi connectivity index (χ3n) is 5.15. The molecule has 4 unspecified atom stereocenters. The van der Waals surface area contributed by atoms with E-state index in [-0.39, 0.29) is 51.0 Å². The maximum absolute atomic E-state index is 13.0. The Balaban J connectivity index is 5.58. The van der Waals surface area contributed by atoms with Gasteiger partial charge in [0, 0.05) is 19.4 Å². The van der Waals surface area contributed by atoms with Gasteiger partial charge in [0.05, 0.1) is 6.04 Å². The average Bonchev–Trinajstić information content (AvgIpc) is 2.83. The van der Waals surface area contributed by atoms with Gasteiger partial charge >= 0.3 is 5.97 Å². The second-order valence-electron chi connectivity index (χ2n) is 8.37. The van der Waals surface area contributed by atoms with Gasteiger partial charge in [-0.2, -0.15) is 11.8 Å². The van der Waals surface area contributed by atoms with E-state index < -0.39 is 59.7 Å². The van der Waals surface area contributed by atoms with Crippen molar-refractivity contribution < 1.29 is 33.9 Å². The maximum Gasteiger partial charge on any atom is 0.326 e. The molecule has 0 spiro atoms. The highest BCUT2D eigenvalue weighted by atomic mass is 32.2. The van der Waals surface area contributed by atoms with Gasteiger partial charge in [-0.3, -0.25) is 29.0 Å². The summed E-state index contributed by atoms with van der Waals surface area (Å²) in [4.78, 5) is 76.3. The number of thioether (sulfide) groups is 1.